The van der Waals surface area contributed by atoms with Crippen LogP contribution in [0.25, 0.3) is 22.3 Å². The van der Waals surface area contributed by atoms with Gasteiger partial charge in [0.2, 0.25) is 0 Å². The molecule has 0 aliphatic carbocycles. The molecule has 6 heterocycles. The van der Waals surface area contributed by atoms with Crippen LogP contribution in [0.15, 0.2) is 97.1 Å². The van der Waals surface area contributed by atoms with E-state index in [1.54, 1.807) is 0 Å². The van der Waals surface area contributed by atoms with Gasteiger partial charge >= 0.3 is 53.6 Å². The molecule has 4 fully saturated rings. The molecule has 0 saturated carbocycles. The van der Waals surface area contributed by atoms with E-state index in [9.17, 15) is 28.8 Å². The summed E-state index contributed by atoms with van der Waals surface area (Å²) < 4.78 is 17.9. The fourth-order valence-electron chi connectivity index (χ4n) is 12.5. The Morgan fingerprint density at radius 2 is 0.989 bits per heavy atom. The molecule has 12 rings (SSSR count). The van der Waals surface area contributed by atoms with E-state index in [0.717, 1.165) is 97.1 Å². The molecule has 6 aliphatic rings. The number of ether oxygens (including phenoxy) is 2. The Bertz CT molecular complexity index is 3810. The molecule has 492 valence electrons. The number of hydrogen-bond donors (Lipinski definition) is 4. The maximum Gasteiger partial charge on any atom is 1.00 e. The third kappa shape index (κ3) is 17.3. The van der Waals surface area contributed by atoms with Crippen LogP contribution in [0.5, 0.6) is 0 Å². The van der Waals surface area contributed by atoms with Crippen LogP contribution in [0.2, 0.25) is 30.1 Å². The van der Waals surface area contributed by atoms with Crippen molar-refractivity contribution in [1.29, 1.82) is 0 Å². The van der Waals surface area contributed by atoms with Crippen molar-refractivity contribution in [2.45, 2.75) is 111 Å². The Labute approximate surface area is 599 Å². The number of methoxy groups -OCH3 is 2. The number of carboxylic acid groups (broad SMARTS) is 1. The number of hydrogen-bond acceptors (Lipinski definition) is 15. The summed E-state index contributed by atoms with van der Waals surface area (Å²) in [4.78, 5) is 90.7. The molecule has 0 spiro atoms. The van der Waals surface area contributed by atoms with Crippen molar-refractivity contribution in [3.05, 3.63) is 161 Å². The summed E-state index contributed by atoms with van der Waals surface area (Å²) in [6.45, 7) is 14.2. The number of halogens is 6. The summed E-state index contributed by atoms with van der Waals surface area (Å²) >= 11 is 40.1. The van der Waals surface area contributed by atoms with Crippen molar-refractivity contribution in [3.63, 3.8) is 0 Å². The Hall–Kier alpha value is -6.15. The van der Waals surface area contributed by atoms with Gasteiger partial charge in [-0.15, -0.1) is 0 Å². The number of carboxylic acids is 1. The number of aliphatic carboxylic acids is 1. The third-order valence-corrected chi connectivity index (χ3v) is 18.2. The largest absolute Gasteiger partial charge is 1.00 e. The number of benzene rings is 6. The number of likely N-dealkylation sites (tertiary alicyclic amines) is 3. The van der Waals surface area contributed by atoms with Gasteiger partial charge < -0.3 is 39.8 Å². The second-order valence-electron chi connectivity index (χ2n) is 22.8. The molecular formula is C66H70BCl6N8NaO12. The van der Waals surface area contributed by atoms with E-state index in [1.165, 1.54) is 68.6 Å². The summed E-state index contributed by atoms with van der Waals surface area (Å²) in [5.74, 6) is -3.00. The normalized spacial score (nSPS) is 18.2. The molecule has 4 unspecified atom stereocenters. The summed E-state index contributed by atoms with van der Waals surface area (Å²) in [6.07, 6.45) is 2.32. The average Bonchev–Trinajstić information content (AvgIpc) is 0.938. The Balaban J connectivity index is 0.000000220. The zero-order chi connectivity index (χ0) is 66.4. The molecular weight excluding hydrogens is 1340 g/mol. The van der Waals surface area contributed by atoms with Crippen LogP contribution in [0.4, 0.5) is 32.3 Å². The predicted octanol–water partition coefficient (Wildman–Crippen LogP) is 10.5. The molecule has 94 heavy (non-hydrogen) atoms. The maximum atomic E-state index is 13.5. The number of urea groups is 2. The van der Waals surface area contributed by atoms with Gasteiger partial charge in [-0.3, -0.25) is 38.9 Å². The van der Waals surface area contributed by atoms with Crippen molar-refractivity contribution >= 4 is 142 Å². The van der Waals surface area contributed by atoms with Crippen molar-refractivity contribution in [1.82, 2.24) is 30.7 Å². The van der Waals surface area contributed by atoms with Crippen LogP contribution in [-0.2, 0) is 59.3 Å². The monoisotopic (exact) mass is 1410 g/mol. The number of fused-ring (bicyclic) bond motifs is 6. The number of piperazine rings is 2. The molecule has 4 N–H and O–H groups in total. The molecule has 4 atom stereocenters. The van der Waals surface area contributed by atoms with E-state index in [2.05, 4.69) is 72.0 Å². The number of amides is 4. The quantitative estimate of drug-likeness (QED) is 0.0622. The van der Waals surface area contributed by atoms with Gasteiger partial charge in [-0.2, -0.15) is 0 Å². The first-order valence-corrected chi connectivity index (χ1v) is 31.6. The van der Waals surface area contributed by atoms with Crippen LogP contribution in [0, 0.1) is 0 Å². The van der Waals surface area contributed by atoms with Gasteiger partial charge in [-0.25, -0.2) is 19.2 Å². The van der Waals surface area contributed by atoms with E-state index in [1.807, 2.05) is 54.6 Å². The second kappa shape index (κ2) is 33.2. The number of nitrogens with one attached hydrogen (secondary N) is 3. The summed E-state index contributed by atoms with van der Waals surface area (Å²) in [5, 5.41) is 18.8. The number of carbonyl (C=O) groups excluding carboxylic acids is 6. The van der Waals surface area contributed by atoms with Gasteiger partial charge in [-0.1, -0.05) is 113 Å². The van der Waals surface area contributed by atoms with Crippen LogP contribution in [-0.4, -0.2) is 140 Å². The SMILES string of the molecule is C.CC(=O)O.CC(=O)O[B-]OC(C)=O.COC(=O)c1cc(Cl)c(N2C(=O)NCc3c(-c4ccccc4Cl)cc(CN4CC5CC4CN5)cc32)c(Cl)c1.COC(=O)c1cc(Cl)c(N2C(=O)NCc3c(-c4ccccc4Cl)cc(CN4CC5CC4CN5C(C)C)cc32)c(Cl)c1.[Na+]. The summed E-state index contributed by atoms with van der Waals surface area (Å²) in [5.41, 5.74) is 9.94. The van der Waals surface area contributed by atoms with E-state index < -0.39 is 29.8 Å². The van der Waals surface area contributed by atoms with Gasteiger partial charge in [-0.05, 0) is 110 Å². The average molecular weight is 1410 g/mol. The fraction of sp³-hybridized carbons (Fsp3) is 0.348. The van der Waals surface area contributed by atoms with Crippen molar-refractivity contribution in [2.75, 3.05) is 50.2 Å². The molecule has 6 aromatic carbocycles. The smallest absolute Gasteiger partial charge is 0.702 e. The first-order chi connectivity index (χ1) is 43.8. The van der Waals surface area contributed by atoms with Crippen molar-refractivity contribution < 1.29 is 87.0 Å². The molecule has 4 saturated heterocycles. The van der Waals surface area contributed by atoms with Gasteiger partial charge in [0.1, 0.15) is 7.69 Å². The molecule has 4 amide bonds. The Morgan fingerprint density at radius 1 is 0.574 bits per heavy atom. The summed E-state index contributed by atoms with van der Waals surface area (Å²) in [6, 6.07) is 31.6. The molecule has 20 nitrogen and oxygen atoms in total. The van der Waals surface area contributed by atoms with E-state index in [0.29, 0.717) is 83.8 Å². The standard InChI is InChI=1S/C31H31Cl3N4O3.C28H25Cl3N4O3.C4H6BO4.C2H4O2.CH4.Na/c1-17(2)37-16-20-12-21(37)15-36(20)14-18-8-23(22-6-4-5-7-25(22)32)24-13-35-31(40)38(28(24)9-18)29-26(33)10-19(11-27(29)34)30(39)41-3;1-38-27(36)16-8-23(30)26(24(31)9-16)35-25-7-15(13-34-14-17-10-18(34)11-32-17)6-20(21(25)12-33-28(35)37)19-4-2-3-5-22(19)29;1-3(6)8-5-9-4(2)7;1-2(3)4;;/h4-11,17,20-21H,12-16H2,1-3H3,(H,35,40);2-9,17-18,32H,10-14H2,1H3,(H,33,37);1-2H3;1H3,(H,3,4);1H4;/q;;-1;;;+1. The minimum absolute atomic E-state index is 0. The van der Waals surface area contributed by atoms with Gasteiger partial charge in [0.25, 0.3) is 17.9 Å². The van der Waals surface area contributed by atoms with E-state index in [4.69, 9.17) is 89.0 Å². The number of nitrogens with zero attached hydrogens (tertiary/aromatic N) is 5. The van der Waals surface area contributed by atoms with E-state index >= 15 is 0 Å². The molecule has 0 aromatic heterocycles. The van der Waals surface area contributed by atoms with E-state index in [-0.39, 0.29) is 80.3 Å². The number of anilines is 4. The van der Waals surface area contributed by atoms with Crippen LogP contribution in [0.1, 0.15) is 97.9 Å². The summed E-state index contributed by atoms with van der Waals surface area (Å²) in [7, 11) is 3.27. The third-order valence-electron chi connectivity index (χ3n) is 16.4. The van der Waals surface area contributed by atoms with Crippen molar-refractivity contribution in [2.24, 2.45) is 0 Å². The van der Waals surface area contributed by atoms with Crippen LogP contribution < -0.4 is 55.3 Å². The first-order valence-electron chi connectivity index (χ1n) is 29.3. The molecule has 6 aliphatic heterocycles. The minimum Gasteiger partial charge on any atom is -0.702 e. The topological polar surface area (TPSA) is 229 Å². The second-order valence-corrected chi connectivity index (χ2v) is 25.3. The molecule has 28 heteroatoms. The van der Waals surface area contributed by atoms with Crippen LogP contribution >= 0.6 is 69.6 Å². The minimum atomic E-state index is -0.833. The molecule has 4 bridgehead atoms. The van der Waals surface area contributed by atoms with Gasteiger partial charge in [0.15, 0.2) is 0 Å². The number of carbonyl (C=O) groups is 7. The Kier molecular flexibility index (Phi) is 26.6. The molecule has 6 aromatic rings. The number of rotatable bonds is 13. The molecule has 2 radical (unpaired) electrons. The maximum absolute atomic E-state index is 13.5. The van der Waals surface area contributed by atoms with Gasteiger partial charge in [0.05, 0.1) is 68.2 Å². The van der Waals surface area contributed by atoms with Crippen molar-refractivity contribution in [3.8, 4) is 22.3 Å². The van der Waals surface area contributed by atoms with Gasteiger partial charge in [0, 0.05) is 136 Å². The zero-order valence-corrected chi connectivity index (χ0v) is 58.8. The fourth-order valence-corrected chi connectivity index (χ4v) is 14.3. The predicted molar refractivity (Wildman–Crippen MR) is 363 cm³/mol. The van der Waals surface area contributed by atoms with Crippen LogP contribution in [0.3, 0.4) is 0 Å². The zero-order valence-electron chi connectivity index (χ0n) is 52.2. The first kappa shape index (κ1) is 75.2. The Morgan fingerprint density at radius 3 is 1.33 bits per heavy atom. The number of esters is 2.